The summed E-state index contributed by atoms with van der Waals surface area (Å²) in [6, 6.07) is 10.0. The van der Waals surface area contributed by atoms with Crippen molar-refractivity contribution in [1.29, 1.82) is 0 Å². The van der Waals surface area contributed by atoms with E-state index in [2.05, 4.69) is 39.2 Å². The minimum absolute atomic E-state index is 0.760. The largest absolute Gasteiger partial charge is 0.497 e. The van der Waals surface area contributed by atoms with Crippen molar-refractivity contribution in [2.75, 3.05) is 7.11 Å². The molecule has 0 amide bonds. The number of halogens is 1. The van der Waals surface area contributed by atoms with E-state index in [1.54, 1.807) is 7.11 Å². The maximum Gasteiger partial charge on any atom is 0.119 e. The molecule has 2 aromatic rings. The lowest BCUT2D eigenvalue weighted by Gasteiger charge is -2.09. The number of rotatable bonds is 5. The van der Waals surface area contributed by atoms with Gasteiger partial charge in [0.15, 0.2) is 0 Å². The highest BCUT2D eigenvalue weighted by atomic mass is 79.9. The molecule has 0 spiro atoms. The zero-order valence-electron chi connectivity index (χ0n) is 11.1. The van der Waals surface area contributed by atoms with Crippen LogP contribution in [0.25, 0.3) is 0 Å². The van der Waals surface area contributed by atoms with Gasteiger partial charge < -0.3 is 10.1 Å². The molecule has 4 heteroatoms. The summed E-state index contributed by atoms with van der Waals surface area (Å²) in [5.74, 6) is 0.869. The van der Waals surface area contributed by atoms with Crippen LogP contribution in [0.5, 0.6) is 5.75 Å². The Hall–Kier alpha value is -1.39. The van der Waals surface area contributed by atoms with Gasteiger partial charge in [-0.1, -0.05) is 22.0 Å². The number of ether oxygens (including phenoxy) is 1. The summed E-state index contributed by atoms with van der Waals surface area (Å²) in [5, 5.41) is 3.40. The Morgan fingerprint density at radius 2 is 2.11 bits per heavy atom. The summed E-state index contributed by atoms with van der Waals surface area (Å²) in [6.07, 6.45) is 1.82. The highest BCUT2D eigenvalue weighted by Gasteiger charge is 2.03. The third-order valence-corrected chi connectivity index (χ3v) is 3.75. The molecule has 2 rings (SSSR count). The monoisotopic (exact) mass is 320 g/mol. The van der Waals surface area contributed by atoms with Crippen LogP contribution in [0.15, 0.2) is 41.0 Å². The minimum Gasteiger partial charge on any atom is -0.497 e. The first-order valence-electron chi connectivity index (χ1n) is 6.14. The van der Waals surface area contributed by atoms with Gasteiger partial charge in [0, 0.05) is 23.8 Å². The Morgan fingerprint density at radius 3 is 2.84 bits per heavy atom. The molecule has 0 aliphatic rings. The number of nitrogens with zero attached hydrogens (tertiary/aromatic N) is 1. The summed E-state index contributed by atoms with van der Waals surface area (Å²) in [6.45, 7) is 3.61. The molecule has 0 radical (unpaired) electrons. The van der Waals surface area contributed by atoms with Crippen LogP contribution < -0.4 is 10.1 Å². The molecule has 0 atom stereocenters. The van der Waals surface area contributed by atoms with Crippen LogP contribution in [0.4, 0.5) is 0 Å². The van der Waals surface area contributed by atoms with E-state index in [1.165, 1.54) is 11.1 Å². The van der Waals surface area contributed by atoms with Crippen molar-refractivity contribution in [3.63, 3.8) is 0 Å². The van der Waals surface area contributed by atoms with E-state index in [0.29, 0.717) is 0 Å². The number of nitrogens with one attached hydrogen (secondary N) is 1. The molecule has 1 aromatic carbocycles. The van der Waals surface area contributed by atoms with E-state index >= 15 is 0 Å². The lowest BCUT2D eigenvalue weighted by atomic mass is 10.2. The van der Waals surface area contributed by atoms with E-state index in [4.69, 9.17) is 4.74 Å². The molecular weight excluding hydrogens is 304 g/mol. The Balaban J connectivity index is 1.98. The van der Waals surface area contributed by atoms with Crippen LogP contribution in [0, 0.1) is 6.92 Å². The van der Waals surface area contributed by atoms with Crippen molar-refractivity contribution in [3.8, 4) is 5.75 Å². The number of hydrogen-bond acceptors (Lipinski definition) is 3. The average Bonchev–Trinajstić information content (AvgIpc) is 2.43. The molecule has 1 N–H and O–H groups in total. The zero-order valence-corrected chi connectivity index (χ0v) is 12.7. The number of benzene rings is 1. The van der Waals surface area contributed by atoms with E-state index in [1.807, 2.05) is 30.5 Å². The van der Waals surface area contributed by atoms with Gasteiger partial charge in [0.2, 0.25) is 0 Å². The average molecular weight is 321 g/mol. The molecular formula is C15H17BrN2O. The number of aryl methyl sites for hydroxylation is 1. The normalized spacial score (nSPS) is 10.5. The van der Waals surface area contributed by atoms with Crippen LogP contribution in [0.3, 0.4) is 0 Å². The van der Waals surface area contributed by atoms with Gasteiger partial charge in [-0.05, 0) is 42.3 Å². The maximum atomic E-state index is 5.23. The van der Waals surface area contributed by atoms with Crippen molar-refractivity contribution in [1.82, 2.24) is 10.3 Å². The summed E-state index contributed by atoms with van der Waals surface area (Å²) in [7, 11) is 1.68. The first kappa shape index (κ1) is 14.0. The van der Waals surface area contributed by atoms with Gasteiger partial charge >= 0.3 is 0 Å². The number of hydrogen-bond donors (Lipinski definition) is 1. The Labute approximate surface area is 122 Å². The maximum absolute atomic E-state index is 5.23. The molecule has 100 valence electrons. The van der Waals surface area contributed by atoms with Crippen molar-refractivity contribution >= 4 is 15.9 Å². The smallest absolute Gasteiger partial charge is 0.119 e. The van der Waals surface area contributed by atoms with Crippen LogP contribution >= 0.6 is 15.9 Å². The standard InChI is InChI=1S/C15H17BrN2O/c1-11-4-3-7-18-15(11)10-17-9-12-8-13(19-2)5-6-14(12)16/h3-8,17H,9-10H2,1-2H3. The highest BCUT2D eigenvalue weighted by molar-refractivity contribution is 9.10. The molecule has 0 unspecified atom stereocenters. The summed E-state index contributed by atoms with van der Waals surface area (Å²) in [4.78, 5) is 4.37. The van der Waals surface area contributed by atoms with E-state index in [9.17, 15) is 0 Å². The molecule has 19 heavy (non-hydrogen) atoms. The predicted molar refractivity (Wildman–Crippen MR) is 80.2 cm³/mol. The lowest BCUT2D eigenvalue weighted by molar-refractivity contribution is 0.414. The van der Waals surface area contributed by atoms with Gasteiger partial charge in [-0.2, -0.15) is 0 Å². The summed E-state index contributed by atoms with van der Waals surface area (Å²) in [5.41, 5.74) is 3.47. The first-order chi connectivity index (χ1) is 9.20. The first-order valence-corrected chi connectivity index (χ1v) is 6.93. The second-order valence-electron chi connectivity index (χ2n) is 4.33. The Kier molecular flexibility index (Phi) is 4.93. The van der Waals surface area contributed by atoms with Gasteiger partial charge in [-0.15, -0.1) is 0 Å². The van der Waals surface area contributed by atoms with E-state index in [0.717, 1.165) is 29.0 Å². The fourth-order valence-corrected chi connectivity index (χ4v) is 2.22. The van der Waals surface area contributed by atoms with Crippen LogP contribution in [0.1, 0.15) is 16.8 Å². The number of pyridine rings is 1. The topological polar surface area (TPSA) is 34.1 Å². The lowest BCUT2D eigenvalue weighted by Crippen LogP contribution is -2.15. The van der Waals surface area contributed by atoms with Gasteiger partial charge in [0.05, 0.1) is 12.8 Å². The number of methoxy groups -OCH3 is 1. The van der Waals surface area contributed by atoms with Crippen LogP contribution in [-0.4, -0.2) is 12.1 Å². The molecule has 0 fully saturated rings. The van der Waals surface area contributed by atoms with Gasteiger partial charge in [-0.3, -0.25) is 4.98 Å². The Morgan fingerprint density at radius 1 is 1.26 bits per heavy atom. The van der Waals surface area contributed by atoms with Gasteiger partial charge in [0.25, 0.3) is 0 Å². The van der Waals surface area contributed by atoms with Crippen molar-refractivity contribution < 1.29 is 4.74 Å². The fraction of sp³-hybridized carbons (Fsp3) is 0.267. The zero-order chi connectivity index (χ0) is 13.7. The quantitative estimate of drug-likeness (QED) is 0.916. The second-order valence-corrected chi connectivity index (χ2v) is 5.18. The third kappa shape index (κ3) is 3.78. The van der Waals surface area contributed by atoms with Crippen LogP contribution in [-0.2, 0) is 13.1 Å². The fourth-order valence-electron chi connectivity index (χ4n) is 1.83. The van der Waals surface area contributed by atoms with Gasteiger partial charge in [-0.25, -0.2) is 0 Å². The van der Waals surface area contributed by atoms with Crippen molar-refractivity contribution in [2.45, 2.75) is 20.0 Å². The molecule has 0 saturated heterocycles. The molecule has 3 nitrogen and oxygen atoms in total. The highest BCUT2D eigenvalue weighted by Crippen LogP contribution is 2.22. The van der Waals surface area contributed by atoms with E-state index in [-0.39, 0.29) is 0 Å². The number of aromatic nitrogens is 1. The Bertz CT molecular complexity index is 558. The van der Waals surface area contributed by atoms with E-state index < -0.39 is 0 Å². The molecule has 0 saturated carbocycles. The molecule has 0 aliphatic heterocycles. The summed E-state index contributed by atoms with van der Waals surface area (Å²) >= 11 is 3.55. The second kappa shape index (κ2) is 6.68. The van der Waals surface area contributed by atoms with Crippen LogP contribution in [0.2, 0.25) is 0 Å². The molecule has 0 bridgehead atoms. The van der Waals surface area contributed by atoms with Crippen molar-refractivity contribution in [3.05, 3.63) is 57.8 Å². The predicted octanol–water partition coefficient (Wildman–Crippen LogP) is 3.45. The minimum atomic E-state index is 0.760. The molecule has 1 aromatic heterocycles. The summed E-state index contributed by atoms with van der Waals surface area (Å²) < 4.78 is 6.31. The third-order valence-electron chi connectivity index (χ3n) is 2.98. The molecule has 1 heterocycles. The molecule has 0 aliphatic carbocycles. The van der Waals surface area contributed by atoms with Crippen molar-refractivity contribution in [2.24, 2.45) is 0 Å². The SMILES string of the molecule is COc1ccc(Br)c(CNCc2ncccc2C)c1. The van der Waals surface area contributed by atoms with Gasteiger partial charge in [0.1, 0.15) is 5.75 Å².